The first-order valence-electron chi connectivity index (χ1n) is 4.55. The van der Waals surface area contributed by atoms with Gasteiger partial charge in [0.05, 0.1) is 12.3 Å². The van der Waals surface area contributed by atoms with Gasteiger partial charge in [-0.05, 0) is 6.92 Å². The fraction of sp³-hybridized carbons (Fsp3) is 0.444. The van der Waals surface area contributed by atoms with E-state index in [9.17, 15) is 9.59 Å². The molecular formula is C9H12N2O4S. The molecule has 1 heterocycles. The van der Waals surface area contributed by atoms with E-state index >= 15 is 0 Å². The molecule has 0 saturated carbocycles. The second-order valence-corrected chi connectivity index (χ2v) is 3.97. The molecular weight excluding hydrogens is 232 g/mol. The van der Waals surface area contributed by atoms with Crippen molar-refractivity contribution in [2.45, 2.75) is 26.6 Å². The lowest BCUT2D eigenvalue weighted by atomic mass is 10.4. The highest BCUT2D eigenvalue weighted by Gasteiger charge is 2.12. The number of carboxylic acids is 1. The molecule has 1 aromatic rings. The summed E-state index contributed by atoms with van der Waals surface area (Å²) in [6.45, 7) is 2.96. The van der Waals surface area contributed by atoms with Crippen LogP contribution in [0.25, 0.3) is 0 Å². The van der Waals surface area contributed by atoms with Crippen molar-refractivity contribution >= 4 is 28.3 Å². The second-order valence-electron chi connectivity index (χ2n) is 3.12. The van der Waals surface area contributed by atoms with E-state index < -0.39 is 12.1 Å². The average Bonchev–Trinajstić information content (AvgIpc) is 2.60. The first-order chi connectivity index (χ1) is 7.49. The number of anilines is 1. The van der Waals surface area contributed by atoms with Gasteiger partial charge < -0.3 is 15.2 Å². The van der Waals surface area contributed by atoms with E-state index in [4.69, 9.17) is 9.84 Å². The molecule has 0 bridgehead atoms. The maximum absolute atomic E-state index is 10.7. The Kier molecular flexibility index (Phi) is 4.39. The number of thiazole rings is 1. The summed E-state index contributed by atoms with van der Waals surface area (Å²) in [5.41, 5.74) is 0.599. The largest absolute Gasteiger partial charge is 0.479 e. The number of carbonyl (C=O) groups is 2. The molecule has 0 aliphatic carbocycles. The Balaban J connectivity index is 2.46. The molecule has 0 spiro atoms. The van der Waals surface area contributed by atoms with E-state index in [1.165, 1.54) is 25.2 Å². The van der Waals surface area contributed by atoms with Gasteiger partial charge in [-0.15, -0.1) is 11.3 Å². The van der Waals surface area contributed by atoms with E-state index in [0.717, 1.165) is 0 Å². The Hall–Kier alpha value is -1.47. The SMILES string of the molecule is CC(=O)Nc1nc(COC(C)C(=O)O)cs1. The fourth-order valence-electron chi connectivity index (χ4n) is 0.863. The lowest BCUT2D eigenvalue weighted by Crippen LogP contribution is -2.19. The van der Waals surface area contributed by atoms with E-state index in [0.29, 0.717) is 10.8 Å². The van der Waals surface area contributed by atoms with Crippen molar-refractivity contribution in [2.24, 2.45) is 0 Å². The van der Waals surface area contributed by atoms with Gasteiger partial charge in [-0.3, -0.25) is 4.79 Å². The van der Waals surface area contributed by atoms with Crippen LogP contribution in [-0.4, -0.2) is 28.1 Å². The van der Waals surface area contributed by atoms with Crippen molar-refractivity contribution in [2.75, 3.05) is 5.32 Å². The molecule has 7 heteroatoms. The van der Waals surface area contributed by atoms with E-state index in [2.05, 4.69) is 10.3 Å². The molecule has 0 aliphatic rings. The highest BCUT2D eigenvalue weighted by Crippen LogP contribution is 2.16. The van der Waals surface area contributed by atoms with Crippen molar-refractivity contribution in [3.63, 3.8) is 0 Å². The summed E-state index contributed by atoms with van der Waals surface area (Å²) in [5.74, 6) is -1.21. The van der Waals surface area contributed by atoms with Crippen LogP contribution in [0.4, 0.5) is 5.13 Å². The molecule has 1 atom stereocenters. The number of carboxylic acid groups (broad SMARTS) is 1. The third kappa shape index (κ3) is 3.95. The standard InChI is InChI=1S/C9H12N2O4S/c1-5(8(13)14)15-3-7-4-16-9(11-7)10-6(2)12/h4-5H,3H2,1-2H3,(H,13,14)(H,10,11,12). The number of aliphatic carboxylic acids is 1. The van der Waals surface area contributed by atoms with Gasteiger partial charge in [0.15, 0.2) is 11.2 Å². The summed E-state index contributed by atoms with van der Waals surface area (Å²) in [6.07, 6.45) is -0.870. The zero-order chi connectivity index (χ0) is 12.1. The van der Waals surface area contributed by atoms with Crippen molar-refractivity contribution in [3.8, 4) is 0 Å². The molecule has 1 amide bonds. The second kappa shape index (κ2) is 5.57. The molecule has 1 rings (SSSR count). The molecule has 2 N–H and O–H groups in total. The highest BCUT2D eigenvalue weighted by atomic mass is 32.1. The summed E-state index contributed by atoms with van der Waals surface area (Å²) < 4.78 is 5.04. The maximum Gasteiger partial charge on any atom is 0.332 e. The minimum absolute atomic E-state index is 0.115. The normalized spacial score (nSPS) is 12.1. The number of nitrogens with zero attached hydrogens (tertiary/aromatic N) is 1. The number of hydrogen-bond donors (Lipinski definition) is 2. The Labute approximate surface area is 96.3 Å². The molecule has 88 valence electrons. The predicted octanol–water partition coefficient (Wildman–Crippen LogP) is 1.09. The first-order valence-corrected chi connectivity index (χ1v) is 5.43. The van der Waals surface area contributed by atoms with Gasteiger partial charge in [-0.1, -0.05) is 0 Å². The van der Waals surface area contributed by atoms with Crippen LogP contribution in [0.3, 0.4) is 0 Å². The zero-order valence-electron chi connectivity index (χ0n) is 8.89. The van der Waals surface area contributed by atoms with Gasteiger partial charge in [0.2, 0.25) is 5.91 Å². The van der Waals surface area contributed by atoms with Crippen molar-refractivity contribution in [3.05, 3.63) is 11.1 Å². The van der Waals surface area contributed by atoms with E-state index in [1.54, 1.807) is 5.38 Å². The van der Waals surface area contributed by atoms with Crippen LogP contribution < -0.4 is 5.32 Å². The van der Waals surface area contributed by atoms with Crippen LogP contribution in [-0.2, 0) is 20.9 Å². The number of amides is 1. The van der Waals surface area contributed by atoms with E-state index in [-0.39, 0.29) is 12.5 Å². The van der Waals surface area contributed by atoms with Gasteiger partial charge in [0, 0.05) is 12.3 Å². The Bertz CT molecular complexity index is 391. The molecule has 0 fully saturated rings. The smallest absolute Gasteiger partial charge is 0.332 e. The minimum Gasteiger partial charge on any atom is -0.479 e. The summed E-state index contributed by atoms with van der Waals surface area (Å²) in [7, 11) is 0. The molecule has 0 aliphatic heterocycles. The van der Waals surface area contributed by atoms with Crippen LogP contribution in [0, 0.1) is 0 Å². The summed E-state index contributed by atoms with van der Waals surface area (Å²) >= 11 is 1.27. The molecule has 1 aromatic heterocycles. The number of nitrogens with one attached hydrogen (secondary N) is 1. The van der Waals surface area contributed by atoms with Gasteiger partial charge in [0.25, 0.3) is 0 Å². The number of carbonyl (C=O) groups excluding carboxylic acids is 1. The molecule has 6 nitrogen and oxygen atoms in total. The Morgan fingerprint density at radius 1 is 1.69 bits per heavy atom. The van der Waals surface area contributed by atoms with Crippen LogP contribution >= 0.6 is 11.3 Å². The summed E-state index contributed by atoms with van der Waals surface area (Å²) in [4.78, 5) is 25.2. The molecule has 0 aromatic carbocycles. The first kappa shape index (κ1) is 12.6. The fourth-order valence-corrected chi connectivity index (χ4v) is 1.60. The van der Waals surface area contributed by atoms with Crippen molar-refractivity contribution in [1.82, 2.24) is 4.98 Å². The van der Waals surface area contributed by atoms with Crippen LogP contribution in [0.2, 0.25) is 0 Å². The van der Waals surface area contributed by atoms with Crippen LogP contribution in [0.5, 0.6) is 0 Å². The number of aromatic nitrogens is 1. The molecule has 0 saturated heterocycles. The Morgan fingerprint density at radius 3 is 2.94 bits per heavy atom. The quantitative estimate of drug-likeness (QED) is 0.809. The molecule has 0 radical (unpaired) electrons. The summed E-state index contributed by atoms with van der Waals surface area (Å²) in [5, 5.41) is 13.3. The van der Waals surface area contributed by atoms with Crippen LogP contribution in [0.15, 0.2) is 5.38 Å². The number of hydrogen-bond acceptors (Lipinski definition) is 5. The maximum atomic E-state index is 10.7. The van der Waals surface area contributed by atoms with Gasteiger partial charge >= 0.3 is 5.97 Å². The van der Waals surface area contributed by atoms with Crippen molar-refractivity contribution in [1.29, 1.82) is 0 Å². The van der Waals surface area contributed by atoms with Crippen LogP contribution in [0.1, 0.15) is 19.5 Å². The molecule has 1 unspecified atom stereocenters. The lowest BCUT2D eigenvalue weighted by molar-refractivity contribution is -0.149. The monoisotopic (exact) mass is 244 g/mol. The van der Waals surface area contributed by atoms with E-state index in [1.807, 2.05) is 0 Å². The number of rotatable bonds is 5. The van der Waals surface area contributed by atoms with Gasteiger partial charge in [0.1, 0.15) is 0 Å². The highest BCUT2D eigenvalue weighted by molar-refractivity contribution is 7.13. The Morgan fingerprint density at radius 2 is 2.38 bits per heavy atom. The van der Waals surface area contributed by atoms with Gasteiger partial charge in [-0.25, -0.2) is 9.78 Å². The third-order valence-corrected chi connectivity index (χ3v) is 2.47. The summed E-state index contributed by atoms with van der Waals surface area (Å²) in [6, 6.07) is 0. The topological polar surface area (TPSA) is 88.5 Å². The predicted molar refractivity (Wildman–Crippen MR) is 58.3 cm³/mol. The average molecular weight is 244 g/mol. The van der Waals surface area contributed by atoms with Crippen molar-refractivity contribution < 1.29 is 19.4 Å². The number of ether oxygens (including phenoxy) is 1. The van der Waals surface area contributed by atoms with Gasteiger partial charge in [-0.2, -0.15) is 0 Å². The lowest BCUT2D eigenvalue weighted by Gasteiger charge is -2.05. The third-order valence-electron chi connectivity index (χ3n) is 1.66. The minimum atomic E-state index is -1.02. The molecule has 16 heavy (non-hydrogen) atoms. The zero-order valence-corrected chi connectivity index (χ0v) is 9.71.